The second-order valence-electron chi connectivity index (χ2n) is 6.03. The Bertz CT molecular complexity index is 852. The van der Waals surface area contributed by atoms with E-state index in [-0.39, 0.29) is 26.4 Å². The van der Waals surface area contributed by atoms with Crippen LogP contribution in [0.15, 0.2) is 34.3 Å². The van der Waals surface area contributed by atoms with Crippen LogP contribution in [0.25, 0.3) is 0 Å². The molecule has 0 fully saturated rings. The monoisotopic (exact) mass is 480 g/mol. The van der Waals surface area contributed by atoms with Crippen molar-refractivity contribution in [1.29, 1.82) is 0 Å². The number of nitrogens with one attached hydrogen (secondary N) is 1. The van der Waals surface area contributed by atoms with E-state index in [1.165, 1.54) is 17.3 Å². The van der Waals surface area contributed by atoms with E-state index in [9.17, 15) is 9.13 Å². The Morgan fingerprint density at radius 3 is 2.10 bits per heavy atom. The third-order valence-corrected chi connectivity index (χ3v) is 11.9. The molecule has 3 rings (SSSR count). The fourth-order valence-corrected chi connectivity index (χ4v) is 11.0. The Morgan fingerprint density at radius 2 is 1.67 bits per heavy atom. The van der Waals surface area contributed by atoms with Gasteiger partial charge in [-0.05, 0) is 51.6 Å². The van der Waals surface area contributed by atoms with Gasteiger partial charge in [0.05, 0.1) is 32.7 Å². The number of hydrogen-bond acceptors (Lipinski definition) is 11. The zero-order valence-corrected chi connectivity index (χ0v) is 19.8. The average Bonchev–Trinajstić information content (AvgIpc) is 3.39. The molecule has 168 valence electrons. The lowest BCUT2D eigenvalue weighted by atomic mass is 10.2. The lowest BCUT2D eigenvalue weighted by Gasteiger charge is -2.40. The third-order valence-electron chi connectivity index (χ3n) is 4.14. The minimum absolute atomic E-state index is 0.0665. The first-order valence-corrected chi connectivity index (χ1v) is 13.6. The lowest BCUT2D eigenvalue weighted by Crippen LogP contribution is -2.44. The summed E-state index contributed by atoms with van der Waals surface area (Å²) in [6.07, 6.45) is 2.91. The van der Waals surface area contributed by atoms with E-state index in [1.807, 2.05) is 0 Å². The van der Waals surface area contributed by atoms with Gasteiger partial charge in [-0.15, -0.1) is 10.2 Å². The molecule has 0 radical (unpaired) electrons. The molecule has 0 saturated carbocycles. The van der Waals surface area contributed by atoms with Gasteiger partial charge >= 0.3 is 15.2 Å². The summed E-state index contributed by atoms with van der Waals surface area (Å²) < 4.78 is 58.1. The topological polar surface area (TPSA) is 127 Å². The van der Waals surface area contributed by atoms with E-state index in [1.54, 1.807) is 39.8 Å². The molecule has 1 aliphatic rings. The summed E-state index contributed by atoms with van der Waals surface area (Å²) in [4.78, 5) is -1.42. The molecule has 3 heterocycles. The van der Waals surface area contributed by atoms with Crippen molar-refractivity contribution in [1.82, 2.24) is 14.9 Å². The number of nitrogens with zero attached hydrogens (tertiary/aromatic N) is 3. The molecule has 11 nitrogen and oxygen atoms in total. The van der Waals surface area contributed by atoms with Crippen LogP contribution in [0.2, 0.25) is 0 Å². The highest BCUT2D eigenvalue weighted by Gasteiger charge is 2.67. The molecular formula is C16H26N4O7P2S. The van der Waals surface area contributed by atoms with Gasteiger partial charge in [0.1, 0.15) is 12.1 Å². The smallest absolute Gasteiger partial charge is 0.349 e. The van der Waals surface area contributed by atoms with Gasteiger partial charge in [-0.2, -0.15) is 0 Å². The predicted octanol–water partition coefficient (Wildman–Crippen LogP) is 4.23. The van der Waals surface area contributed by atoms with Crippen LogP contribution in [0.1, 0.15) is 33.5 Å². The van der Waals surface area contributed by atoms with Crippen LogP contribution in [0.4, 0.5) is 0 Å². The first kappa shape index (κ1) is 23.5. The van der Waals surface area contributed by atoms with Crippen molar-refractivity contribution in [3.63, 3.8) is 0 Å². The fourth-order valence-electron chi connectivity index (χ4n) is 3.24. The highest BCUT2D eigenvalue weighted by atomic mass is 32.2. The first-order chi connectivity index (χ1) is 14.4. The molecule has 1 atom stereocenters. The molecule has 0 spiro atoms. The number of rotatable bonds is 12. The molecular weight excluding hydrogens is 454 g/mol. The largest absolute Gasteiger partial charge is 0.466 e. The Hall–Kier alpha value is -1.13. The Morgan fingerprint density at radius 1 is 1.10 bits per heavy atom. The van der Waals surface area contributed by atoms with Crippen LogP contribution in [0.3, 0.4) is 0 Å². The molecule has 30 heavy (non-hydrogen) atoms. The van der Waals surface area contributed by atoms with Crippen LogP contribution >= 0.6 is 27.0 Å². The molecule has 0 amide bonds. The molecule has 0 saturated heterocycles. The van der Waals surface area contributed by atoms with Crippen LogP contribution in [0.5, 0.6) is 0 Å². The molecule has 14 heteroatoms. The van der Waals surface area contributed by atoms with E-state index in [4.69, 9.17) is 22.5 Å². The van der Waals surface area contributed by atoms with Gasteiger partial charge in [0.15, 0.2) is 4.87 Å². The summed E-state index contributed by atoms with van der Waals surface area (Å²) in [6, 6.07) is 3.35. The molecule has 1 aliphatic heterocycles. The summed E-state index contributed by atoms with van der Waals surface area (Å²) in [5, 5.41) is 6.96. The van der Waals surface area contributed by atoms with Gasteiger partial charge in [0.25, 0.3) is 0 Å². The number of thioether (sulfide) groups is 1. The number of fused-ring (bicyclic) bond motifs is 1. The van der Waals surface area contributed by atoms with Gasteiger partial charge in [-0.25, -0.2) is 4.68 Å². The maximum Gasteiger partial charge on any atom is 0.349 e. The summed E-state index contributed by atoms with van der Waals surface area (Å²) in [7, 11) is -8.18. The second kappa shape index (κ2) is 9.56. The van der Waals surface area contributed by atoms with Gasteiger partial charge in [0.2, 0.25) is 10.6 Å². The average molecular weight is 480 g/mol. The second-order valence-corrected chi connectivity index (χ2v) is 11.9. The van der Waals surface area contributed by atoms with Crippen molar-refractivity contribution < 1.29 is 31.6 Å². The van der Waals surface area contributed by atoms with Crippen molar-refractivity contribution in [2.24, 2.45) is 0 Å². The Labute approximate surface area is 179 Å². The van der Waals surface area contributed by atoms with Crippen LogP contribution < -0.4 is 5.43 Å². The van der Waals surface area contributed by atoms with Crippen molar-refractivity contribution >= 4 is 27.0 Å². The van der Waals surface area contributed by atoms with E-state index < -0.39 is 25.5 Å². The van der Waals surface area contributed by atoms with Crippen molar-refractivity contribution in [2.75, 3.05) is 31.9 Å². The summed E-state index contributed by atoms with van der Waals surface area (Å²) in [5.74, 6) is 0.335. The fraction of sp³-hybridized carbons (Fsp3) is 0.625. The van der Waals surface area contributed by atoms with Crippen molar-refractivity contribution in [2.45, 2.75) is 43.1 Å². The van der Waals surface area contributed by atoms with E-state index in [0.29, 0.717) is 10.9 Å². The molecule has 1 N–H and O–H groups in total. The highest BCUT2D eigenvalue weighted by molar-refractivity contribution is 8.01. The highest BCUT2D eigenvalue weighted by Crippen LogP contribution is 2.77. The zero-order chi connectivity index (χ0) is 21.8. The Kier molecular flexibility index (Phi) is 7.50. The maximum absolute atomic E-state index is 14.2. The Balaban J connectivity index is 2.26. The normalized spacial score (nSPS) is 19.2. The number of hydrogen-bond donors (Lipinski definition) is 1. The van der Waals surface area contributed by atoms with Crippen LogP contribution in [-0.4, -0.2) is 46.7 Å². The lowest BCUT2D eigenvalue weighted by molar-refractivity contribution is 0.187. The summed E-state index contributed by atoms with van der Waals surface area (Å²) in [5.41, 5.74) is 3.17. The van der Waals surface area contributed by atoms with Crippen LogP contribution in [-0.2, 0) is 32.1 Å². The summed E-state index contributed by atoms with van der Waals surface area (Å²) >= 11 is 1.13. The van der Waals surface area contributed by atoms with E-state index in [0.717, 1.165) is 11.8 Å². The van der Waals surface area contributed by atoms with E-state index in [2.05, 4.69) is 15.6 Å². The summed E-state index contributed by atoms with van der Waals surface area (Å²) in [6.45, 7) is 6.98. The molecule has 0 bridgehead atoms. The minimum atomic E-state index is -4.09. The third kappa shape index (κ3) is 4.14. The standard InChI is InChI=1S/C16H26N4O7P2S/c1-5-24-28(21,25-6-2)14(29(22,26-7-3)27-8-4)16(13-10-9-11-23-13)19-20-12-17-18-15(20)30-16/h9-12,14,19H,5-8H2,1-4H3. The predicted molar refractivity (Wildman–Crippen MR) is 111 cm³/mol. The van der Waals surface area contributed by atoms with Gasteiger partial charge in [-0.3, -0.25) is 14.6 Å². The van der Waals surface area contributed by atoms with Gasteiger partial charge < -0.3 is 22.5 Å². The molecule has 0 aliphatic carbocycles. The molecule has 1 unspecified atom stereocenters. The molecule has 2 aromatic heterocycles. The number of furan rings is 1. The van der Waals surface area contributed by atoms with Crippen LogP contribution in [0, 0.1) is 0 Å². The van der Waals surface area contributed by atoms with Crippen molar-refractivity contribution in [3.05, 3.63) is 30.5 Å². The van der Waals surface area contributed by atoms with Crippen molar-refractivity contribution in [3.8, 4) is 0 Å². The van der Waals surface area contributed by atoms with Gasteiger partial charge in [-0.1, -0.05) is 0 Å². The molecule has 0 aromatic carbocycles. The first-order valence-electron chi connectivity index (χ1n) is 9.57. The molecule has 2 aromatic rings. The minimum Gasteiger partial charge on any atom is -0.466 e. The van der Waals surface area contributed by atoms with Gasteiger partial charge in [0, 0.05) is 0 Å². The van der Waals surface area contributed by atoms with E-state index >= 15 is 0 Å². The maximum atomic E-state index is 14.2. The zero-order valence-electron chi connectivity index (χ0n) is 17.2. The quantitative estimate of drug-likeness (QED) is 0.438. The number of aromatic nitrogens is 3. The SMILES string of the molecule is CCOP(=O)(OCC)C(C1(c2ccco2)Nn2cnnc2S1)P(=O)(OCC)OCC.